The molecule has 3 rings (SSSR count). The maximum atomic E-state index is 12.9. The van der Waals surface area contributed by atoms with Crippen LogP contribution < -0.4 is 16.8 Å². The number of guanidine groups is 1. The van der Waals surface area contributed by atoms with E-state index in [4.69, 9.17) is 53.6 Å². The van der Waals surface area contributed by atoms with E-state index in [1.165, 1.54) is 7.11 Å². The molecular formula is C26H34Cl2N4O6. The Kier molecular flexibility index (Phi) is 12.1. The Morgan fingerprint density at radius 2 is 1.61 bits per heavy atom. The summed E-state index contributed by atoms with van der Waals surface area (Å²) < 4.78 is 23.6. The first kappa shape index (κ1) is 30.1. The SMILES string of the molecule is COC[C@H]1O[C@@H](OCc2ccc(Cl)cc2)[C@H](NC(=O)CCCN=C(N)N)[C@@H](OCc2ccc(Cl)cc2)[C@@H]1O. The van der Waals surface area contributed by atoms with Gasteiger partial charge in [-0.15, -0.1) is 0 Å². The van der Waals surface area contributed by atoms with E-state index in [1.54, 1.807) is 24.3 Å². The smallest absolute Gasteiger partial charge is 0.220 e. The van der Waals surface area contributed by atoms with Crippen molar-refractivity contribution in [1.82, 2.24) is 5.32 Å². The van der Waals surface area contributed by atoms with Gasteiger partial charge in [-0.2, -0.15) is 0 Å². The summed E-state index contributed by atoms with van der Waals surface area (Å²) in [7, 11) is 1.51. The van der Waals surface area contributed by atoms with Crippen molar-refractivity contribution < 1.29 is 28.8 Å². The minimum absolute atomic E-state index is 0.0373. The minimum Gasteiger partial charge on any atom is -0.388 e. The molecule has 208 valence electrons. The lowest BCUT2D eigenvalue weighted by Gasteiger charge is -2.44. The Morgan fingerprint density at radius 1 is 1.03 bits per heavy atom. The van der Waals surface area contributed by atoms with Crippen LogP contribution in [0.4, 0.5) is 0 Å². The molecule has 12 heteroatoms. The lowest BCUT2D eigenvalue weighted by atomic mass is 9.96. The van der Waals surface area contributed by atoms with Gasteiger partial charge in [0.15, 0.2) is 12.2 Å². The van der Waals surface area contributed by atoms with E-state index in [9.17, 15) is 9.90 Å². The summed E-state index contributed by atoms with van der Waals surface area (Å²) in [6.07, 6.45) is -3.08. The van der Waals surface area contributed by atoms with Crippen LogP contribution in [-0.2, 0) is 37.0 Å². The van der Waals surface area contributed by atoms with Crippen molar-refractivity contribution in [2.24, 2.45) is 16.5 Å². The maximum absolute atomic E-state index is 12.9. The molecule has 0 unspecified atom stereocenters. The zero-order valence-electron chi connectivity index (χ0n) is 21.1. The number of carbonyl (C=O) groups excluding carboxylic acids is 1. The predicted molar refractivity (Wildman–Crippen MR) is 145 cm³/mol. The second kappa shape index (κ2) is 15.2. The van der Waals surface area contributed by atoms with E-state index >= 15 is 0 Å². The Hall–Kier alpha value is -2.44. The number of amides is 1. The zero-order valence-corrected chi connectivity index (χ0v) is 22.6. The first-order valence-electron chi connectivity index (χ1n) is 12.2. The number of benzene rings is 2. The Morgan fingerprint density at radius 3 is 2.16 bits per heavy atom. The number of ether oxygens (including phenoxy) is 4. The first-order valence-corrected chi connectivity index (χ1v) is 12.9. The predicted octanol–water partition coefficient (Wildman–Crippen LogP) is 2.37. The summed E-state index contributed by atoms with van der Waals surface area (Å²) >= 11 is 12.0. The van der Waals surface area contributed by atoms with Gasteiger partial charge in [0.25, 0.3) is 0 Å². The number of nitrogens with one attached hydrogen (secondary N) is 1. The van der Waals surface area contributed by atoms with E-state index in [-0.39, 0.29) is 38.1 Å². The molecule has 0 aromatic heterocycles. The van der Waals surface area contributed by atoms with Gasteiger partial charge in [-0.1, -0.05) is 47.5 Å². The van der Waals surface area contributed by atoms with Crippen molar-refractivity contribution in [3.05, 3.63) is 69.7 Å². The van der Waals surface area contributed by atoms with Gasteiger partial charge in [-0.3, -0.25) is 9.79 Å². The molecule has 0 bridgehead atoms. The quantitative estimate of drug-likeness (QED) is 0.163. The number of nitrogens with two attached hydrogens (primary N) is 2. The van der Waals surface area contributed by atoms with Crippen LogP contribution in [0.1, 0.15) is 24.0 Å². The molecular weight excluding hydrogens is 535 g/mol. The molecule has 0 radical (unpaired) electrons. The van der Waals surface area contributed by atoms with Gasteiger partial charge >= 0.3 is 0 Å². The van der Waals surface area contributed by atoms with E-state index in [1.807, 2.05) is 24.3 Å². The molecule has 5 atom stereocenters. The number of hydrogen-bond acceptors (Lipinski definition) is 7. The van der Waals surface area contributed by atoms with Crippen LogP contribution in [0.25, 0.3) is 0 Å². The summed E-state index contributed by atoms with van der Waals surface area (Å²) in [6, 6.07) is 13.5. The van der Waals surface area contributed by atoms with Gasteiger partial charge in [-0.25, -0.2) is 0 Å². The topological polar surface area (TPSA) is 151 Å². The fourth-order valence-corrected chi connectivity index (χ4v) is 4.20. The summed E-state index contributed by atoms with van der Waals surface area (Å²) in [4.78, 5) is 16.8. The van der Waals surface area contributed by atoms with Gasteiger partial charge < -0.3 is 40.8 Å². The third-order valence-electron chi connectivity index (χ3n) is 5.87. The molecule has 1 amide bonds. The molecule has 0 aliphatic carbocycles. The second-order valence-corrected chi connectivity index (χ2v) is 9.70. The highest BCUT2D eigenvalue weighted by atomic mass is 35.5. The fourth-order valence-electron chi connectivity index (χ4n) is 3.95. The molecule has 10 nitrogen and oxygen atoms in total. The molecule has 0 saturated carbocycles. The molecule has 0 spiro atoms. The molecule has 2 aromatic rings. The minimum atomic E-state index is -1.11. The van der Waals surface area contributed by atoms with Crippen LogP contribution in [-0.4, -0.2) is 67.9 Å². The van der Waals surface area contributed by atoms with Crippen molar-refractivity contribution in [1.29, 1.82) is 0 Å². The Bertz CT molecular complexity index is 1040. The molecule has 1 aliphatic rings. The monoisotopic (exact) mass is 568 g/mol. The molecule has 2 aromatic carbocycles. The van der Waals surface area contributed by atoms with Crippen LogP contribution in [0.3, 0.4) is 0 Å². The van der Waals surface area contributed by atoms with Crippen molar-refractivity contribution in [3.63, 3.8) is 0 Å². The summed E-state index contributed by atoms with van der Waals surface area (Å²) in [5.41, 5.74) is 12.4. The van der Waals surface area contributed by atoms with Gasteiger partial charge in [0.1, 0.15) is 24.4 Å². The average Bonchev–Trinajstić information content (AvgIpc) is 2.89. The lowest BCUT2D eigenvalue weighted by Crippen LogP contribution is -2.65. The number of hydrogen-bond donors (Lipinski definition) is 4. The van der Waals surface area contributed by atoms with Crippen LogP contribution in [0, 0.1) is 0 Å². The molecule has 1 aliphatic heterocycles. The van der Waals surface area contributed by atoms with E-state index in [0.717, 1.165) is 11.1 Å². The van der Waals surface area contributed by atoms with Gasteiger partial charge in [0, 0.05) is 30.1 Å². The molecule has 1 saturated heterocycles. The molecule has 1 heterocycles. The first-order chi connectivity index (χ1) is 18.3. The summed E-state index contributed by atoms with van der Waals surface area (Å²) in [5.74, 6) is -0.327. The number of aliphatic hydroxyl groups excluding tert-OH is 1. The fraction of sp³-hybridized carbons (Fsp3) is 0.462. The zero-order chi connectivity index (χ0) is 27.5. The van der Waals surface area contributed by atoms with Gasteiger partial charge in [0.2, 0.25) is 5.91 Å². The number of nitrogens with zero attached hydrogens (tertiary/aromatic N) is 1. The largest absolute Gasteiger partial charge is 0.388 e. The standard InChI is InChI=1S/C26H34Cl2N4O6/c1-35-15-20-23(34)24(36-13-16-4-8-18(27)9-5-16)22(32-21(33)3-2-12-31-26(29)30)25(38-20)37-14-17-6-10-19(28)11-7-17/h4-11,20,22-25,34H,2-3,12-15H2,1H3,(H,32,33)(H4,29,30,31)/t20-,22-,23-,24-,25-/m1/s1. The van der Waals surface area contributed by atoms with Crippen molar-refractivity contribution >= 4 is 35.1 Å². The highest BCUT2D eigenvalue weighted by molar-refractivity contribution is 6.30. The number of methoxy groups -OCH3 is 1. The number of halogens is 2. The Balaban J connectivity index is 1.78. The number of carbonyl (C=O) groups is 1. The van der Waals surface area contributed by atoms with Crippen LogP contribution in [0.5, 0.6) is 0 Å². The van der Waals surface area contributed by atoms with Crippen molar-refractivity contribution in [2.75, 3.05) is 20.3 Å². The summed E-state index contributed by atoms with van der Waals surface area (Å²) in [6.45, 7) is 0.752. The Labute approximate surface area is 232 Å². The number of rotatable bonds is 13. The maximum Gasteiger partial charge on any atom is 0.220 e. The normalized spacial score (nSPS) is 23.1. The van der Waals surface area contributed by atoms with Crippen LogP contribution >= 0.6 is 23.2 Å². The second-order valence-electron chi connectivity index (χ2n) is 8.83. The third-order valence-corrected chi connectivity index (χ3v) is 6.38. The highest BCUT2D eigenvalue weighted by Gasteiger charge is 2.47. The highest BCUT2D eigenvalue weighted by Crippen LogP contribution is 2.27. The van der Waals surface area contributed by atoms with E-state index < -0.39 is 30.6 Å². The summed E-state index contributed by atoms with van der Waals surface area (Å²) in [5, 5.41) is 15.3. The van der Waals surface area contributed by atoms with Gasteiger partial charge in [-0.05, 0) is 41.8 Å². The van der Waals surface area contributed by atoms with E-state index in [2.05, 4.69) is 10.3 Å². The lowest BCUT2D eigenvalue weighted by molar-refractivity contribution is -0.282. The van der Waals surface area contributed by atoms with Crippen molar-refractivity contribution in [3.8, 4) is 0 Å². The molecule has 38 heavy (non-hydrogen) atoms. The van der Waals surface area contributed by atoms with Crippen molar-refractivity contribution in [2.45, 2.75) is 56.7 Å². The number of aliphatic hydroxyl groups is 1. The average molecular weight is 569 g/mol. The van der Waals surface area contributed by atoms with E-state index in [0.29, 0.717) is 23.0 Å². The molecule has 6 N–H and O–H groups in total. The van der Waals surface area contributed by atoms with Crippen LogP contribution in [0.2, 0.25) is 10.0 Å². The third kappa shape index (κ3) is 9.39. The van der Waals surface area contributed by atoms with Crippen LogP contribution in [0.15, 0.2) is 53.5 Å². The van der Waals surface area contributed by atoms with Gasteiger partial charge in [0.05, 0.1) is 19.8 Å². The number of aliphatic imine (C=N–C) groups is 1. The molecule has 1 fully saturated rings.